The van der Waals surface area contributed by atoms with Gasteiger partial charge in [-0.25, -0.2) is 4.39 Å². The third kappa shape index (κ3) is 4.45. The maximum absolute atomic E-state index is 13.7. The van der Waals surface area contributed by atoms with E-state index in [0.29, 0.717) is 18.5 Å². The van der Waals surface area contributed by atoms with Crippen LogP contribution in [0.25, 0.3) is 0 Å². The van der Waals surface area contributed by atoms with Crippen molar-refractivity contribution >= 4 is 5.91 Å². The maximum Gasteiger partial charge on any atom is 0.227 e. The minimum Gasteiger partial charge on any atom is -0.497 e. The highest BCUT2D eigenvalue weighted by molar-refractivity contribution is 5.78. The van der Waals surface area contributed by atoms with Gasteiger partial charge in [0.15, 0.2) is 11.6 Å². The van der Waals surface area contributed by atoms with Crippen LogP contribution in [0.1, 0.15) is 11.1 Å². The Morgan fingerprint density at radius 1 is 1.04 bits per heavy atom. The topological polar surface area (TPSA) is 38.8 Å². The first-order valence-corrected chi connectivity index (χ1v) is 7.22. The van der Waals surface area contributed by atoms with Gasteiger partial charge in [-0.2, -0.15) is 0 Å². The van der Waals surface area contributed by atoms with Gasteiger partial charge >= 0.3 is 0 Å². The zero-order valence-corrected chi connectivity index (χ0v) is 13.5. The monoisotopic (exact) mass is 317 g/mol. The summed E-state index contributed by atoms with van der Waals surface area (Å²) in [5.74, 6) is 0.483. The fraction of sp³-hybridized carbons (Fsp3) is 0.278. The molecule has 0 aliphatic rings. The van der Waals surface area contributed by atoms with E-state index < -0.39 is 5.82 Å². The number of hydrogen-bond acceptors (Lipinski definition) is 3. The summed E-state index contributed by atoms with van der Waals surface area (Å²) in [4.78, 5) is 13.8. The number of carbonyl (C=O) groups excluding carboxylic acids is 1. The summed E-state index contributed by atoms with van der Waals surface area (Å²) in [6, 6.07) is 12.1. The highest BCUT2D eigenvalue weighted by atomic mass is 19.1. The van der Waals surface area contributed by atoms with Crippen LogP contribution >= 0.6 is 0 Å². The smallest absolute Gasteiger partial charge is 0.227 e. The molecule has 2 rings (SSSR count). The van der Waals surface area contributed by atoms with Crippen LogP contribution in [0.3, 0.4) is 0 Å². The summed E-state index contributed by atoms with van der Waals surface area (Å²) in [5, 5.41) is 0. The van der Waals surface area contributed by atoms with E-state index in [2.05, 4.69) is 0 Å². The van der Waals surface area contributed by atoms with Crippen LogP contribution in [0.4, 0.5) is 4.39 Å². The van der Waals surface area contributed by atoms with Crippen molar-refractivity contribution < 1.29 is 18.7 Å². The summed E-state index contributed by atoms with van der Waals surface area (Å²) in [7, 11) is 4.72. The minimum atomic E-state index is -0.430. The lowest BCUT2D eigenvalue weighted by Crippen LogP contribution is -2.27. The number of halogens is 1. The van der Waals surface area contributed by atoms with Gasteiger partial charge in [-0.05, 0) is 35.4 Å². The molecule has 1 amide bonds. The Labute approximate surface area is 135 Å². The van der Waals surface area contributed by atoms with Crippen molar-refractivity contribution in [3.8, 4) is 11.5 Å². The lowest BCUT2D eigenvalue weighted by Gasteiger charge is -2.18. The Balaban J connectivity index is 1.97. The molecule has 0 aromatic heterocycles. The molecule has 0 atom stereocenters. The molecule has 2 aromatic carbocycles. The Kier molecular flexibility index (Phi) is 5.57. The normalized spacial score (nSPS) is 10.3. The van der Waals surface area contributed by atoms with Crippen LogP contribution in [0.5, 0.6) is 11.5 Å². The minimum absolute atomic E-state index is 0.0357. The van der Waals surface area contributed by atoms with Gasteiger partial charge in [0.05, 0.1) is 20.6 Å². The van der Waals surface area contributed by atoms with Gasteiger partial charge < -0.3 is 14.4 Å². The zero-order valence-electron chi connectivity index (χ0n) is 13.5. The second-order valence-corrected chi connectivity index (χ2v) is 5.24. The summed E-state index contributed by atoms with van der Waals surface area (Å²) in [6.45, 7) is 0.343. The molecule has 2 aromatic rings. The first kappa shape index (κ1) is 16.8. The average molecular weight is 317 g/mol. The van der Waals surface area contributed by atoms with Crippen molar-refractivity contribution in [3.05, 3.63) is 59.4 Å². The third-order valence-corrected chi connectivity index (χ3v) is 3.58. The number of benzene rings is 2. The van der Waals surface area contributed by atoms with Gasteiger partial charge in [0.2, 0.25) is 5.91 Å². The highest BCUT2D eigenvalue weighted by Gasteiger charge is 2.12. The van der Waals surface area contributed by atoms with Crippen molar-refractivity contribution in [2.45, 2.75) is 13.0 Å². The van der Waals surface area contributed by atoms with Crippen LogP contribution in [0.2, 0.25) is 0 Å². The Morgan fingerprint density at radius 3 is 2.26 bits per heavy atom. The van der Waals surface area contributed by atoms with Crippen molar-refractivity contribution in [2.24, 2.45) is 0 Å². The molecule has 0 saturated heterocycles. The molecule has 5 heteroatoms. The molecule has 0 unspecified atom stereocenters. The van der Waals surface area contributed by atoms with Crippen LogP contribution in [0, 0.1) is 5.82 Å². The summed E-state index contributed by atoms with van der Waals surface area (Å²) >= 11 is 0. The van der Waals surface area contributed by atoms with Crippen molar-refractivity contribution in [3.63, 3.8) is 0 Å². The summed E-state index contributed by atoms with van der Waals surface area (Å²) in [6.07, 6.45) is 0.291. The Bertz CT molecular complexity index is 670. The number of nitrogens with zero attached hydrogens (tertiary/aromatic N) is 1. The van der Waals surface area contributed by atoms with Gasteiger partial charge in [0.25, 0.3) is 0 Å². The number of rotatable bonds is 6. The lowest BCUT2D eigenvalue weighted by molar-refractivity contribution is -0.129. The second-order valence-electron chi connectivity index (χ2n) is 5.24. The molecule has 0 saturated carbocycles. The predicted octanol–water partition coefficient (Wildman–Crippen LogP) is 3.04. The van der Waals surface area contributed by atoms with E-state index >= 15 is 0 Å². The van der Waals surface area contributed by atoms with E-state index in [9.17, 15) is 9.18 Å². The van der Waals surface area contributed by atoms with Crippen molar-refractivity contribution in [1.82, 2.24) is 4.90 Å². The standard InChI is InChI=1S/C18H20FNO3/c1-20(12-14-6-9-17(23-3)16(19)10-14)18(21)11-13-4-7-15(22-2)8-5-13/h4-10H,11-12H2,1-3H3. The number of hydrogen-bond donors (Lipinski definition) is 0. The highest BCUT2D eigenvalue weighted by Crippen LogP contribution is 2.19. The average Bonchev–Trinajstić information content (AvgIpc) is 2.55. The van der Waals surface area contributed by atoms with E-state index in [4.69, 9.17) is 9.47 Å². The quantitative estimate of drug-likeness (QED) is 0.822. The van der Waals surface area contributed by atoms with Gasteiger partial charge in [-0.1, -0.05) is 18.2 Å². The van der Waals surface area contributed by atoms with E-state index in [1.165, 1.54) is 13.2 Å². The van der Waals surface area contributed by atoms with Crippen molar-refractivity contribution in [1.29, 1.82) is 0 Å². The van der Waals surface area contributed by atoms with Gasteiger partial charge in [0, 0.05) is 13.6 Å². The van der Waals surface area contributed by atoms with Crippen LogP contribution in [-0.2, 0) is 17.8 Å². The fourth-order valence-corrected chi connectivity index (χ4v) is 2.22. The molecule has 4 nitrogen and oxygen atoms in total. The fourth-order valence-electron chi connectivity index (χ4n) is 2.22. The molecule has 0 radical (unpaired) electrons. The first-order chi connectivity index (χ1) is 11.0. The molecule has 0 aliphatic heterocycles. The largest absolute Gasteiger partial charge is 0.497 e. The third-order valence-electron chi connectivity index (χ3n) is 3.58. The van der Waals surface area contributed by atoms with E-state index in [-0.39, 0.29) is 11.7 Å². The predicted molar refractivity (Wildman–Crippen MR) is 86.1 cm³/mol. The Morgan fingerprint density at radius 2 is 1.70 bits per heavy atom. The number of likely N-dealkylation sites (N-methyl/N-ethyl adjacent to an activating group) is 1. The maximum atomic E-state index is 13.7. The van der Waals surface area contributed by atoms with E-state index in [1.807, 2.05) is 24.3 Å². The van der Waals surface area contributed by atoms with Crippen molar-refractivity contribution in [2.75, 3.05) is 21.3 Å². The molecule has 122 valence electrons. The van der Waals surface area contributed by atoms with Crippen LogP contribution < -0.4 is 9.47 Å². The van der Waals surface area contributed by atoms with Crippen LogP contribution in [-0.4, -0.2) is 32.1 Å². The number of amides is 1. The molecule has 0 aliphatic carbocycles. The number of methoxy groups -OCH3 is 2. The summed E-state index contributed by atoms with van der Waals surface area (Å²) < 4.78 is 23.7. The molecule has 0 fully saturated rings. The summed E-state index contributed by atoms with van der Waals surface area (Å²) in [5.41, 5.74) is 1.62. The van der Waals surface area contributed by atoms with E-state index in [1.54, 1.807) is 31.2 Å². The molecule has 0 bridgehead atoms. The molecule has 23 heavy (non-hydrogen) atoms. The van der Waals surface area contributed by atoms with E-state index in [0.717, 1.165) is 11.3 Å². The van der Waals surface area contributed by atoms with Crippen LogP contribution in [0.15, 0.2) is 42.5 Å². The molecule has 0 N–H and O–H groups in total. The molecular formula is C18H20FNO3. The Hall–Kier alpha value is -2.56. The molecule has 0 heterocycles. The van der Waals surface area contributed by atoms with Gasteiger partial charge in [-0.15, -0.1) is 0 Å². The molecule has 0 spiro atoms. The van der Waals surface area contributed by atoms with Gasteiger partial charge in [0.1, 0.15) is 5.75 Å². The lowest BCUT2D eigenvalue weighted by atomic mass is 10.1. The molecular weight excluding hydrogens is 297 g/mol. The number of carbonyl (C=O) groups is 1. The zero-order chi connectivity index (χ0) is 16.8. The first-order valence-electron chi connectivity index (χ1n) is 7.22. The number of ether oxygens (including phenoxy) is 2. The SMILES string of the molecule is COc1ccc(CC(=O)N(C)Cc2ccc(OC)c(F)c2)cc1. The second kappa shape index (κ2) is 7.63. The van der Waals surface area contributed by atoms with Gasteiger partial charge in [-0.3, -0.25) is 4.79 Å².